The Balaban J connectivity index is 1.35. The Labute approximate surface area is 221 Å². The minimum absolute atomic E-state index is 0.0189. The van der Waals surface area contributed by atoms with E-state index in [1.165, 1.54) is 28.6 Å². The van der Waals surface area contributed by atoms with Gasteiger partial charge >= 0.3 is 6.18 Å². The van der Waals surface area contributed by atoms with Crippen LogP contribution in [0.15, 0.2) is 52.5 Å². The van der Waals surface area contributed by atoms with Crippen molar-refractivity contribution >= 4 is 51.4 Å². The summed E-state index contributed by atoms with van der Waals surface area (Å²) < 4.78 is 42.1. The maximum absolute atomic E-state index is 13.5. The molecule has 0 spiro atoms. The standard InChI is InChI=1S/C26H25ClF3N5OS/c1-25(2)15-34(9-8-33(25)3)24-32-23(36)22(37-24)11-16-4-7-21-18(10-16)13-31-35(21)14-17-5-6-19(27)12-20(17)26(28,29)30/h4-7,10-13H,8-9,14-15H2,1-3H3/b22-11-. The van der Waals surface area contributed by atoms with Gasteiger partial charge in [-0.2, -0.15) is 23.3 Å². The number of carbonyl (C=O) groups is 1. The van der Waals surface area contributed by atoms with Gasteiger partial charge in [-0.25, -0.2) is 0 Å². The third-order valence-electron chi connectivity index (χ3n) is 6.86. The van der Waals surface area contributed by atoms with E-state index in [0.717, 1.165) is 41.8 Å². The van der Waals surface area contributed by atoms with E-state index in [0.29, 0.717) is 10.4 Å². The van der Waals surface area contributed by atoms with Crippen molar-refractivity contribution in [3.63, 3.8) is 0 Å². The Hall–Kier alpha value is -2.82. The minimum atomic E-state index is -4.52. The number of amidine groups is 1. The molecule has 1 saturated heterocycles. The molecule has 11 heteroatoms. The number of nitrogens with zero attached hydrogens (tertiary/aromatic N) is 5. The van der Waals surface area contributed by atoms with Crippen molar-refractivity contribution in [2.45, 2.75) is 32.1 Å². The summed E-state index contributed by atoms with van der Waals surface area (Å²) in [5.74, 6) is -0.269. The van der Waals surface area contributed by atoms with Crippen LogP contribution in [0, 0.1) is 0 Å². The van der Waals surface area contributed by atoms with E-state index in [-0.39, 0.29) is 28.6 Å². The number of piperazine rings is 1. The molecule has 6 nitrogen and oxygen atoms in total. The summed E-state index contributed by atoms with van der Waals surface area (Å²) in [7, 11) is 2.10. The van der Waals surface area contributed by atoms with Crippen molar-refractivity contribution in [3.05, 3.63) is 69.2 Å². The number of aliphatic imine (C=N–C) groups is 1. The molecule has 1 amide bonds. The monoisotopic (exact) mass is 547 g/mol. The third kappa shape index (κ3) is 5.28. The third-order valence-corrected chi connectivity index (χ3v) is 8.14. The van der Waals surface area contributed by atoms with E-state index in [1.807, 2.05) is 12.1 Å². The summed E-state index contributed by atoms with van der Waals surface area (Å²) in [5, 5.41) is 5.81. The molecule has 0 radical (unpaired) electrons. The van der Waals surface area contributed by atoms with Crippen LogP contribution in [0.3, 0.4) is 0 Å². The van der Waals surface area contributed by atoms with Crippen molar-refractivity contribution < 1.29 is 18.0 Å². The minimum Gasteiger partial charge on any atom is -0.348 e. The number of alkyl halides is 3. The van der Waals surface area contributed by atoms with Gasteiger partial charge in [0.25, 0.3) is 5.91 Å². The SMILES string of the molecule is CN1CCN(C2=NC(=O)/C(=C/c3ccc4c(cnn4Cc4ccc(Cl)cc4C(F)(F)F)c3)S2)CC1(C)C. The summed E-state index contributed by atoms with van der Waals surface area (Å²) in [6, 6.07) is 9.24. The highest BCUT2D eigenvalue weighted by Gasteiger charge is 2.36. The summed E-state index contributed by atoms with van der Waals surface area (Å²) in [6.07, 6.45) is -1.12. The van der Waals surface area contributed by atoms with E-state index in [1.54, 1.807) is 18.3 Å². The second-order valence-electron chi connectivity index (χ2n) is 9.89. The van der Waals surface area contributed by atoms with E-state index >= 15 is 0 Å². The van der Waals surface area contributed by atoms with Crippen LogP contribution in [0.2, 0.25) is 5.02 Å². The quantitative estimate of drug-likeness (QED) is 0.391. The Morgan fingerprint density at radius 3 is 2.68 bits per heavy atom. The summed E-state index contributed by atoms with van der Waals surface area (Å²) in [6.45, 7) is 6.77. The molecule has 0 saturated carbocycles. The van der Waals surface area contributed by atoms with Crippen molar-refractivity contribution in [2.24, 2.45) is 4.99 Å². The topological polar surface area (TPSA) is 53.7 Å². The number of fused-ring (bicyclic) bond motifs is 1. The van der Waals surface area contributed by atoms with Gasteiger partial charge in [-0.1, -0.05) is 23.7 Å². The lowest BCUT2D eigenvalue weighted by Crippen LogP contribution is -2.58. The molecule has 0 unspecified atom stereocenters. The molecule has 194 valence electrons. The first-order valence-corrected chi connectivity index (χ1v) is 12.9. The van der Waals surface area contributed by atoms with E-state index in [9.17, 15) is 18.0 Å². The number of amides is 1. The predicted octanol–water partition coefficient (Wildman–Crippen LogP) is 5.75. The number of benzene rings is 2. The fourth-order valence-electron chi connectivity index (χ4n) is 4.52. The lowest BCUT2D eigenvalue weighted by atomic mass is 10.0. The molecular formula is C26H25ClF3N5OS. The van der Waals surface area contributed by atoms with E-state index < -0.39 is 11.7 Å². The van der Waals surface area contributed by atoms with Crippen molar-refractivity contribution in [1.82, 2.24) is 19.6 Å². The summed E-state index contributed by atoms with van der Waals surface area (Å²) in [5.41, 5.74) is 0.765. The molecule has 2 aliphatic rings. The highest BCUT2D eigenvalue weighted by atomic mass is 35.5. The smallest absolute Gasteiger partial charge is 0.348 e. The zero-order valence-corrected chi connectivity index (χ0v) is 22.1. The van der Waals surface area contributed by atoms with Gasteiger partial charge < -0.3 is 4.90 Å². The first-order chi connectivity index (χ1) is 17.4. The Bertz CT molecular complexity index is 1450. The first-order valence-electron chi connectivity index (χ1n) is 11.7. The molecule has 0 bridgehead atoms. The van der Waals surface area contributed by atoms with Gasteiger partial charge in [0, 0.05) is 35.6 Å². The highest BCUT2D eigenvalue weighted by Crippen LogP contribution is 2.35. The zero-order chi connectivity index (χ0) is 26.5. The molecule has 0 N–H and O–H groups in total. The van der Waals surface area contributed by atoms with E-state index in [4.69, 9.17) is 11.6 Å². The Kier molecular flexibility index (Phi) is 6.62. The maximum Gasteiger partial charge on any atom is 0.416 e. The molecule has 3 heterocycles. The summed E-state index contributed by atoms with van der Waals surface area (Å²) in [4.78, 5) is 21.9. The maximum atomic E-state index is 13.5. The second-order valence-corrected chi connectivity index (χ2v) is 11.3. The number of hydrogen-bond acceptors (Lipinski definition) is 5. The number of halogens is 4. The second kappa shape index (κ2) is 9.49. The van der Waals surface area contributed by atoms with Gasteiger partial charge in [-0.05, 0) is 74.1 Å². The number of carbonyl (C=O) groups excluding carboxylic acids is 1. The number of rotatable bonds is 3. The number of aromatic nitrogens is 2. The molecule has 2 aliphatic heterocycles. The molecule has 5 rings (SSSR count). The van der Waals surface area contributed by atoms with Gasteiger partial charge in [-0.3, -0.25) is 14.4 Å². The van der Waals surface area contributed by atoms with Crippen molar-refractivity contribution in [3.8, 4) is 0 Å². The van der Waals surface area contributed by atoms with Crippen LogP contribution in [-0.4, -0.2) is 62.9 Å². The van der Waals surface area contributed by atoms with Crippen LogP contribution < -0.4 is 0 Å². The highest BCUT2D eigenvalue weighted by molar-refractivity contribution is 8.18. The van der Waals surface area contributed by atoms with Crippen LogP contribution in [0.4, 0.5) is 13.2 Å². The molecule has 1 fully saturated rings. The van der Waals surface area contributed by atoms with Crippen molar-refractivity contribution in [2.75, 3.05) is 26.7 Å². The van der Waals surface area contributed by atoms with Gasteiger partial charge in [0.1, 0.15) is 0 Å². The van der Waals surface area contributed by atoms with Crippen LogP contribution in [0.1, 0.15) is 30.5 Å². The van der Waals surface area contributed by atoms with Gasteiger partial charge in [0.2, 0.25) is 0 Å². The van der Waals surface area contributed by atoms with Crippen LogP contribution >= 0.6 is 23.4 Å². The van der Waals surface area contributed by atoms with Crippen molar-refractivity contribution in [1.29, 1.82) is 0 Å². The number of hydrogen-bond donors (Lipinski definition) is 0. The van der Waals surface area contributed by atoms with Crippen LogP contribution in [0.25, 0.3) is 17.0 Å². The number of likely N-dealkylation sites (N-methyl/N-ethyl adjacent to an activating group) is 1. The first kappa shape index (κ1) is 25.8. The average Bonchev–Trinajstić information content (AvgIpc) is 3.39. The lowest BCUT2D eigenvalue weighted by Gasteiger charge is -2.45. The molecular weight excluding hydrogens is 523 g/mol. The summed E-state index contributed by atoms with van der Waals surface area (Å²) >= 11 is 7.17. The van der Waals surface area contributed by atoms with Crippen LogP contribution in [-0.2, 0) is 17.5 Å². The molecule has 2 aromatic carbocycles. The molecule has 1 aromatic heterocycles. The molecule has 3 aromatic rings. The predicted molar refractivity (Wildman–Crippen MR) is 142 cm³/mol. The Morgan fingerprint density at radius 1 is 1.16 bits per heavy atom. The zero-order valence-electron chi connectivity index (χ0n) is 20.5. The van der Waals surface area contributed by atoms with Gasteiger partial charge in [-0.15, -0.1) is 0 Å². The van der Waals surface area contributed by atoms with Gasteiger partial charge in [0.15, 0.2) is 5.17 Å². The Morgan fingerprint density at radius 2 is 1.95 bits per heavy atom. The fourth-order valence-corrected chi connectivity index (χ4v) is 5.63. The fraction of sp³-hybridized carbons (Fsp3) is 0.346. The normalized spacial score (nSPS) is 19.8. The molecule has 37 heavy (non-hydrogen) atoms. The van der Waals surface area contributed by atoms with E-state index in [2.05, 4.69) is 40.8 Å². The largest absolute Gasteiger partial charge is 0.416 e. The molecule has 0 aliphatic carbocycles. The number of thioether (sulfide) groups is 1. The van der Waals surface area contributed by atoms with Crippen LogP contribution in [0.5, 0.6) is 0 Å². The van der Waals surface area contributed by atoms with Gasteiger partial charge in [0.05, 0.1) is 28.7 Å². The average molecular weight is 548 g/mol. The lowest BCUT2D eigenvalue weighted by molar-refractivity contribution is -0.138. The molecule has 0 atom stereocenters.